The van der Waals surface area contributed by atoms with Crippen molar-refractivity contribution in [1.29, 1.82) is 0 Å². The van der Waals surface area contributed by atoms with Crippen molar-refractivity contribution in [3.05, 3.63) is 17.3 Å². The van der Waals surface area contributed by atoms with Gasteiger partial charge in [0.05, 0.1) is 10.6 Å². The van der Waals surface area contributed by atoms with Crippen LogP contribution in [0.25, 0.3) is 10.2 Å². The molecule has 3 rings (SSSR count). The van der Waals surface area contributed by atoms with Crippen molar-refractivity contribution in [2.45, 2.75) is 70.2 Å². The number of fused-ring (bicyclic) bond motifs is 1. The molecule has 1 saturated carbocycles. The quantitative estimate of drug-likeness (QED) is 0.745. The molecular weight excluding hydrogens is 356 g/mol. The summed E-state index contributed by atoms with van der Waals surface area (Å²) in [6.45, 7) is 3.64. The van der Waals surface area contributed by atoms with Gasteiger partial charge in [-0.25, -0.2) is 23.1 Å². The third-order valence-electron chi connectivity index (χ3n) is 4.64. The summed E-state index contributed by atoms with van der Waals surface area (Å²) in [5, 5.41) is 4.13. The Balaban J connectivity index is 1.76. The molecule has 25 heavy (non-hydrogen) atoms. The standard InChI is InChI=1S/C17H26N4O2S2/c1-12(2)25(22,23)20-10-14-9-15-16(18-11-19-17(15)24-14)21-13-7-5-3-4-6-8-13/h9,11-13,20H,3-8,10H2,1-2H3,(H,18,19,21). The second-order valence-electron chi connectivity index (χ2n) is 6.90. The molecule has 0 atom stereocenters. The Hall–Kier alpha value is -1.25. The van der Waals surface area contributed by atoms with E-state index >= 15 is 0 Å². The van der Waals surface area contributed by atoms with E-state index in [4.69, 9.17) is 0 Å². The molecule has 0 spiro atoms. The lowest BCUT2D eigenvalue weighted by Gasteiger charge is -2.17. The van der Waals surface area contributed by atoms with Crippen LogP contribution in [-0.4, -0.2) is 29.7 Å². The highest BCUT2D eigenvalue weighted by Crippen LogP contribution is 2.30. The topological polar surface area (TPSA) is 84.0 Å². The van der Waals surface area contributed by atoms with Gasteiger partial charge in [0.2, 0.25) is 10.0 Å². The molecule has 138 valence electrons. The van der Waals surface area contributed by atoms with Crippen molar-refractivity contribution in [2.24, 2.45) is 0 Å². The van der Waals surface area contributed by atoms with E-state index in [1.54, 1.807) is 20.2 Å². The summed E-state index contributed by atoms with van der Waals surface area (Å²) >= 11 is 1.51. The lowest BCUT2D eigenvalue weighted by molar-refractivity contribution is 0.572. The first-order valence-corrected chi connectivity index (χ1v) is 11.3. The fourth-order valence-corrected chi connectivity index (χ4v) is 4.78. The van der Waals surface area contributed by atoms with Gasteiger partial charge in [-0.2, -0.15) is 0 Å². The summed E-state index contributed by atoms with van der Waals surface area (Å²) in [7, 11) is -3.27. The van der Waals surface area contributed by atoms with Crippen molar-refractivity contribution in [3.63, 3.8) is 0 Å². The van der Waals surface area contributed by atoms with Gasteiger partial charge in [-0.3, -0.25) is 0 Å². The van der Waals surface area contributed by atoms with Gasteiger partial charge in [0.1, 0.15) is 17.0 Å². The van der Waals surface area contributed by atoms with E-state index in [1.807, 2.05) is 6.07 Å². The lowest BCUT2D eigenvalue weighted by Crippen LogP contribution is -2.29. The average molecular weight is 383 g/mol. The zero-order chi connectivity index (χ0) is 17.9. The Morgan fingerprint density at radius 2 is 1.92 bits per heavy atom. The van der Waals surface area contributed by atoms with E-state index in [2.05, 4.69) is 20.0 Å². The number of hydrogen-bond acceptors (Lipinski definition) is 6. The van der Waals surface area contributed by atoms with Gasteiger partial charge in [0.25, 0.3) is 0 Å². The van der Waals surface area contributed by atoms with E-state index in [9.17, 15) is 8.42 Å². The summed E-state index contributed by atoms with van der Waals surface area (Å²) in [4.78, 5) is 10.6. The first-order chi connectivity index (χ1) is 12.0. The van der Waals surface area contributed by atoms with Gasteiger partial charge in [0, 0.05) is 17.5 Å². The molecule has 0 aromatic carbocycles. The van der Waals surface area contributed by atoms with Crippen LogP contribution in [-0.2, 0) is 16.6 Å². The number of thiophene rings is 1. The molecule has 2 N–H and O–H groups in total. The van der Waals surface area contributed by atoms with E-state index in [1.165, 1.54) is 49.9 Å². The SMILES string of the molecule is CC(C)S(=O)(=O)NCc1cc2c(NC3CCCCCC3)ncnc2s1. The maximum atomic E-state index is 11.9. The van der Waals surface area contributed by atoms with Gasteiger partial charge in [-0.1, -0.05) is 25.7 Å². The number of rotatable bonds is 6. The summed E-state index contributed by atoms with van der Waals surface area (Å²) in [5.74, 6) is 0.867. The summed E-state index contributed by atoms with van der Waals surface area (Å²) in [6, 6.07) is 2.46. The van der Waals surface area contributed by atoms with Gasteiger partial charge in [-0.15, -0.1) is 11.3 Å². The minimum absolute atomic E-state index is 0.296. The van der Waals surface area contributed by atoms with Crippen LogP contribution in [0.2, 0.25) is 0 Å². The highest BCUT2D eigenvalue weighted by molar-refractivity contribution is 7.90. The molecule has 1 fully saturated rings. The number of nitrogens with zero attached hydrogens (tertiary/aromatic N) is 2. The monoisotopic (exact) mass is 382 g/mol. The molecule has 0 amide bonds. The fraction of sp³-hybridized carbons (Fsp3) is 0.647. The van der Waals surface area contributed by atoms with E-state index in [0.29, 0.717) is 12.6 Å². The zero-order valence-corrected chi connectivity index (χ0v) is 16.4. The smallest absolute Gasteiger partial charge is 0.214 e. The van der Waals surface area contributed by atoms with Gasteiger partial charge in [0.15, 0.2) is 0 Å². The second-order valence-corrected chi connectivity index (χ2v) is 10.3. The Labute approximate surface area is 153 Å². The number of sulfonamides is 1. The minimum Gasteiger partial charge on any atom is -0.367 e. The third-order valence-corrected chi connectivity index (χ3v) is 7.48. The predicted octanol–water partition coefficient (Wildman–Crippen LogP) is 3.65. The third kappa shape index (κ3) is 4.68. The Morgan fingerprint density at radius 1 is 1.20 bits per heavy atom. The normalized spacial score (nSPS) is 17.1. The highest BCUT2D eigenvalue weighted by atomic mass is 32.2. The molecule has 0 aliphatic heterocycles. The van der Waals surface area contributed by atoms with Crippen molar-refractivity contribution >= 4 is 37.4 Å². The molecule has 0 bridgehead atoms. The van der Waals surface area contributed by atoms with Crippen molar-refractivity contribution < 1.29 is 8.42 Å². The second kappa shape index (κ2) is 7.97. The average Bonchev–Trinajstić information content (AvgIpc) is 2.83. The molecular formula is C17H26N4O2S2. The van der Waals surface area contributed by atoms with Crippen molar-refractivity contribution in [1.82, 2.24) is 14.7 Å². The molecule has 1 aliphatic rings. The Morgan fingerprint density at radius 3 is 2.60 bits per heavy atom. The van der Waals surface area contributed by atoms with E-state index in [0.717, 1.165) is 20.9 Å². The summed E-state index contributed by atoms with van der Waals surface area (Å²) < 4.78 is 26.5. The van der Waals surface area contributed by atoms with Gasteiger partial charge >= 0.3 is 0 Å². The number of anilines is 1. The van der Waals surface area contributed by atoms with Gasteiger partial charge < -0.3 is 5.32 Å². The lowest BCUT2D eigenvalue weighted by atomic mass is 10.1. The number of hydrogen-bond donors (Lipinski definition) is 2. The van der Waals surface area contributed by atoms with Crippen LogP contribution < -0.4 is 10.0 Å². The molecule has 0 unspecified atom stereocenters. The van der Waals surface area contributed by atoms with Crippen molar-refractivity contribution in [3.8, 4) is 0 Å². The summed E-state index contributed by atoms with van der Waals surface area (Å²) in [5.41, 5.74) is 0. The van der Waals surface area contributed by atoms with Crippen LogP contribution in [0.1, 0.15) is 57.2 Å². The maximum Gasteiger partial charge on any atom is 0.214 e. The molecule has 2 heterocycles. The molecule has 1 aliphatic carbocycles. The Bertz CT molecular complexity index is 809. The highest BCUT2D eigenvalue weighted by Gasteiger charge is 2.18. The minimum atomic E-state index is -3.27. The number of nitrogens with one attached hydrogen (secondary N) is 2. The predicted molar refractivity (Wildman–Crippen MR) is 103 cm³/mol. The van der Waals surface area contributed by atoms with Crippen LogP contribution in [0.15, 0.2) is 12.4 Å². The van der Waals surface area contributed by atoms with E-state index in [-0.39, 0.29) is 0 Å². The first-order valence-electron chi connectivity index (χ1n) is 8.94. The zero-order valence-electron chi connectivity index (χ0n) is 14.8. The first kappa shape index (κ1) is 18.5. The Kier molecular flexibility index (Phi) is 5.91. The molecule has 2 aromatic heterocycles. The summed E-state index contributed by atoms with van der Waals surface area (Å²) in [6.07, 6.45) is 9.09. The molecule has 2 aromatic rings. The van der Waals surface area contributed by atoms with Crippen LogP contribution in [0.3, 0.4) is 0 Å². The maximum absolute atomic E-state index is 11.9. The molecule has 0 radical (unpaired) electrons. The van der Waals surface area contributed by atoms with Crippen LogP contribution in [0.4, 0.5) is 5.82 Å². The van der Waals surface area contributed by atoms with Crippen LogP contribution in [0.5, 0.6) is 0 Å². The molecule has 8 heteroatoms. The number of aromatic nitrogens is 2. The fourth-order valence-electron chi connectivity index (χ4n) is 3.06. The van der Waals surface area contributed by atoms with Crippen molar-refractivity contribution in [2.75, 3.05) is 5.32 Å². The largest absolute Gasteiger partial charge is 0.367 e. The van der Waals surface area contributed by atoms with Crippen LogP contribution in [0, 0.1) is 0 Å². The van der Waals surface area contributed by atoms with Crippen LogP contribution >= 0.6 is 11.3 Å². The van der Waals surface area contributed by atoms with Gasteiger partial charge in [-0.05, 0) is 32.8 Å². The van der Waals surface area contributed by atoms with E-state index < -0.39 is 15.3 Å². The molecule has 0 saturated heterocycles. The molecule has 6 nitrogen and oxygen atoms in total.